The smallest absolute Gasteiger partial charge is 0.235 e. The van der Waals surface area contributed by atoms with E-state index in [4.69, 9.17) is 14.6 Å². The molecular weight excluding hydrogens is 380 g/mol. The van der Waals surface area contributed by atoms with Gasteiger partial charge in [-0.3, -0.25) is 0 Å². The van der Waals surface area contributed by atoms with Gasteiger partial charge in [-0.2, -0.15) is 9.61 Å². The average Bonchev–Trinajstić information content (AvgIpc) is 3.30. The number of fused-ring (bicyclic) bond motifs is 2. The van der Waals surface area contributed by atoms with Gasteiger partial charge in [-0.25, -0.2) is 0 Å². The molecule has 0 saturated heterocycles. The Hall–Kier alpha value is -2.58. The molecule has 27 heavy (non-hydrogen) atoms. The Morgan fingerprint density at radius 3 is 2.70 bits per heavy atom. The highest BCUT2D eigenvalue weighted by atomic mass is 32.2. The Kier molecular flexibility index (Phi) is 4.43. The fourth-order valence-electron chi connectivity index (χ4n) is 2.87. The number of nitrogens with zero attached hydrogens (tertiary/aromatic N) is 4. The van der Waals surface area contributed by atoms with Crippen LogP contribution in [0.3, 0.4) is 0 Å². The molecule has 0 atom stereocenters. The number of aromatic nitrogens is 4. The van der Waals surface area contributed by atoms with Crippen molar-refractivity contribution in [1.29, 1.82) is 0 Å². The van der Waals surface area contributed by atoms with E-state index < -0.39 is 0 Å². The lowest BCUT2D eigenvalue weighted by Crippen LogP contribution is -2.15. The summed E-state index contributed by atoms with van der Waals surface area (Å²) in [5.41, 5.74) is 2.30. The third kappa shape index (κ3) is 3.38. The number of benzene rings is 2. The van der Waals surface area contributed by atoms with Crippen LogP contribution in [0, 0.1) is 0 Å². The molecule has 2 aromatic heterocycles. The predicted molar refractivity (Wildman–Crippen MR) is 107 cm³/mol. The average molecular weight is 396 g/mol. The van der Waals surface area contributed by atoms with E-state index in [1.165, 1.54) is 16.9 Å². The van der Waals surface area contributed by atoms with Crippen LogP contribution < -0.4 is 9.47 Å². The van der Waals surface area contributed by atoms with Crippen LogP contribution >= 0.6 is 23.1 Å². The van der Waals surface area contributed by atoms with E-state index in [0.29, 0.717) is 13.2 Å². The summed E-state index contributed by atoms with van der Waals surface area (Å²) < 4.78 is 13.1. The highest BCUT2D eigenvalue weighted by Gasteiger charge is 2.16. The van der Waals surface area contributed by atoms with Crippen LogP contribution in [0.25, 0.3) is 15.5 Å². The Morgan fingerprint density at radius 2 is 1.81 bits per heavy atom. The maximum Gasteiger partial charge on any atom is 0.235 e. The van der Waals surface area contributed by atoms with Gasteiger partial charge in [0, 0.05) is 11.3 Å². The molecule has 0 N–H and O–H groups in total. The molecule has 0 unspecified atom stereocenters. The number of ether oxygens (including phenoxy) is 2. The summed E-state index contributed by atoms with van der Waals surface area (Å²) in [5.74, 6) is 4.12. The first-order valence-electron chi connectivity index (χ1n) is 8.60. The summed E-state index contributed by atoms with van der Waals surface area (Å²) in [4.78, 5) is 0.801. The lowest BCUT2D eigenvalue weighted by atomic mass is 10.2. The monoisotopic (exact) mass is 396 g/mol. The van der Waals surface area contributed by atoms with Gasteiger partial charge in [0.1, 0.15) is 18.2 Å². The second kappa shape index (κ2) is 7.21. The Labute approximate surface area is 164 Å². The summed E-state index contributed by atoms with van der Waals surface area (Å²) in [6, 6.07) is 16.3. The second-order valence-corrected chi connectivity index (χ2v) is 8.00. The molecule has 4 aromatic rings. The van der Waals surface area contributed by atoms with Crippen molar-refractivity contribution in [2.24, 2.45) is 0 Å². The van der Waals surface area contributed by atoms with E-state index in [1.807, 2.05) is 40.5 Å². The molecule has 0 fully saturated rings. The Balaban J connectivity index is 1.35. The Morgan fingerprint density at radius 1 is 0.963 bits per heavy atom. The molecule has 2 aromatic carbocycles. The van der Waals surface area contributed by atoms with Gasteiger partial charge >= 0.3 is 0 Å². The summed E-state index contributed by atoms with van der Waals surface area (Å²) >= 11 is 3.33. The number of hydrogen-bond donors (Lipinski definition) is 0. The molecule has 0 radical (unpaired) electrons. The topological polar surface area (TPSA) is 61.5 Å². The Bertz CT molecular complexity index is 1080. The molecule has 0 bridgehead atoms. The summed E-state index contributed by atoms with van der Waals surface area (Å²) in [6.45, 7) is 1.16. The van der Waals surface area contributed by atoms with Crippen molar-refractivity contribution < 1.29 is 9.47 Å². The highest BCUT2D eigenvalue weighted by Crippen LogP contribution is 2.36. The van der Waals surface area contributed by atoms with Crippen LogP contribution in [-0.2, 0) is 11.5 Å². The minimum atomic E-state index is 0.574. The van der Waals surface area contributed by atoms with Gasteiger partial charge in [0.15, 0.2) is 17.3 Å². The third-order valence-electron chi connectivity index (χ3n) is 4.19. The maximum absolute atomic E-state index is 5.67. The molecule has 136 valence electrons. The minimum Gasteiger partial charge on any atom is -0.486 e. The molecule has 6 nitrogen and oxygen atoms in total. The molecule has 1 aliphatic rings. The van der Waals surface area contributed by atoms with E-state index in [0.717, 1.165) is 44.4 Å². The lowest BCUT2D eigenvalue weighted by Gasteiger charge is -2.18. The molecule has 3 heterocycles. The van der Waals surface area contributed by atoms with E-state index in [1.54, 1.807) is 0 Å². The molecule has 5 rings (SSSR count). The van der Waals surface area contributed by atoms with Gasteiger partial charge in [0.2, 0.25) is 4.96 Å². The van der Waals surface area contributed by atoms with Crippen molar-refractivity contribution in [1.82, 2.24) is 19.8 Å². The SMILES string of the molecule is c1ccc(CSCc2nnc3sc(-c4ccc5c(c4)OCCO5)nn23)cc1. The van der Waals surface area contributed by atoms with Crippen molar-refractivity contribution in [3.05, 3.63) is 59.9 Å². The maximum atomic E-state index is 5.67. The van der Waals surface area contributed by atoms with Gasteiger partial charge in [0.25, 0.3) is 0 Å². The first kappa shape index (κ1) is 16.6. The zero-order chi connectivity index (χ0) is 18.1. The van der Waals surface area contributed by atoms with Crippen LogP contribution in [0.2, 0.25) is 0 Å². The predicted octanol–water partition coefficient (Wildman–Crippen LogP) is 4.06. The van der Waals surface area contributed by atoms with Gasteiger partial charge in [0.05, 0.1) is 5.75 Å². The largest absolute Gasteiger partial charge is 0.486 e. The van der Waals surface area contributed by atoms with Crippen LogP contribution in [0.5, 0.6) is 11.5 Å². The minimum absolute atomic E-state index is 0.574. The first-order chi connectivity index (χ1) is 13.4. The molecule has 1 aliphatic heterocycles. The standard InChI is InChI=1S/C19H16N4O2S2/c1-2-4-13(5-3-1)11-26-12-17-20-21-19-23(17)22-18(27-19)14-6-7-15-16(10-14)25-9-8-24-15/h1-7,10H,8-9,11-12H2. The van der Waals surface area contributed by atoms with Crippen molar-refractivity contribution >= 4 is 28.1 Å². The molecule has 0 saturated carbocycles. The fourth-order valence-corrected chi connectivity index (χ4v) is 4.62. The van der Waals surface area contributed by atoms with Crippen molar-refractivity contribution in [2.45, 2.75) is 11.5 Å². The molecule has 0 amide bonds. The van der Waals surface area contributed by atoms with Gasteiger partial charge in [-0.1, -0.05) is 41.7 Å². The molecule has 0 aliphatic carbocycles. The molecule has 8 heteroatoms. The van der Waals surface area contributed by atoms with Crippen molar-refractivity contribution in [3.63, 3.8) is 0 Å². The zero-order valence-corrected chi connectivity index (χ0v) is 16.0. The normalized spacial score (nSPS) is 13.2. The zero-order valence-electron chi connectivity index (χ0n) is 14.4. The number of thioether (sulfide) groups is 1. The lowest BCUT2D eigenvalue weighted by molar-refractivity contribution is 0.171. The third-order valence-corrected chi connectivity index (χ3v) is 6.13. The molecule has 0 spiro atoms. The first-order valence-corrected chi connectivity index (χ1v) is 10.6. The van der Waals surface area contributed by atoms with Gasteiger partial charge in [-0.15, -0.1) is 22.0 Å². The van der Waals surface area contributed by atoms with E-state index in [9.17, 15) is 0 Å². The quantitative estimate of drug-likeness (QED) is 0.507. The van der Waals surface area contributed by atoms with E-state index >= 15 is 0 Å². The second-order valence-electron chi connectivity index (χ2n) is 6.05. The number of rotatable bonds is 5. The van der Waals surface area contributed by atoms with E-state index in [-0.39, 0.29) is 0 Å². The fraction of sp³-hybridized carbons (Fsp3) is 0.211. The van der Waals surface area contributed by atoms with Crippen LogP contribution in [0.4, 0.5) is 0 Å². The van der Waals surface area contributed by atoms with Gasteiger partial charge in [-0.05, 0) is 23.8 Å². The van der Waals surface area contributed by atoms with Crippen molar-refractivity contribution in [3.8, 4) is 22.1 Å². The van der Waals surface area contributed by atoms with Crippen molar-refractivity contribution in [2.75, 3.05) is 13.2 Å². The summed E-state index contributed by atoms with van der Waals surface area (Å²) in [7, 11) is 0. The summed E-state index contributed by atoms with van der Waals surface area (Å²) in [6.07, 6.45) is 0. The molecular formula is C19H16N4O2S2. The van der Waals surface area contributed by atoms with Crippen LogP contribution in [0.15, 0.2) is 48.5 Å². The highest BCUT2D eigenvalue weighted by molar-refractivity contribution is 7.97. The number of hydrogen-bond acceptors (Lipinski definition) is 7. The summed E-state index contributed by atoms with van der Waals surface area (Å²) in [5, 5.41) is 14.2. The van der Waals surface area contributed by atoms with Crippen LogP contribution in [-0.4, -0.2) is 33.0 Å². The van der Waals surface area contributed by atoms with Gasteiger partial charge < -0.3 is 9.47 Å². The van der Waals surface area contributed by atoms with E-state index in [2.05, 4.69) is 34.5 Å². The van der Waals surface area contributed by atoms with Crippen LogP contribution in [0.1, 0.15) is 11.4 Å².